The van der Waals surface area contributed by atoms with Crippen LogP contribution in [0.3, 0.4) is 0 Å². The van der Waals surface area contributed by atoms with Crippen molar-refractivity contribution < 1.29 is 29.3 Å². The van der Waals surface area contributed by atoms with Crippen LogP contribution in [0.5, 0.6) is 11.5 Å². The van der Waals surface area contributed by atoms with Gasteiger partial charge < -0.3 is 29.5 Å². The molecule has 12 heteroatoms. The number of ether oxygens (including phenoxy) is 2. The highest BCUT2D eigenvalue weighted by atomic mass is 16.5. The molecule has 2 aliphatic rings. The summed E-state index contributed by atoms with van der Waals surface area (Å²) >= 11 is 0. The second-order valence-corrected chi connectivity index (χ2v) is 13.1. The number of azo groups is 2. The van der Waals surface area contributed by atoms with E-state index in [1.54, 1.807) is 24.3 Å². The Labute approximate surface area is 316 Å². The molecule has 2 heterocycles. The maximum Gasteiger partial charge on any atom is 0.335 e. The Morgan fingerprint density at radius 1 is 0.491 bits per heavy atom. The lowest BCUT2D eigenvalue weighted by Gasteiger charge is -2.31. The van der Waals surface area contributed by atoms with Crippen LogP contribution in [0.4, 0.5) is 34.1 Å². The number of hydrogen-bond acceptors (Lipinski definition) is 10. The fourth-order valence-electron chi connectivity index (χ4n) is 6.33. The van der Waals surface area contributed by atoms with Crippen LogP contribution in [0, 0.1) is 0 Å². The molecule has 0 unspecified atom stereocenters. The molecule has 55 heavy (non-hydrogen) atoms. The van der Waals surface area contributed by atoms with E-state index in [2.05, 4.69) is 78.8 Å². The van der Waals surface area contributed by atoms with E-state index in [-0.39, 0.29) is 11.1 Å². The van der Waals surface area contributed by atoms with Crippen molar-refractivity contribution in [3.8, 4) is 11.5 Å². The Hall–Kier alpha value is -7.34. The molecule has 0 saturated heterocycles. The molecule has 0 saturated carbocycles. The molecule has 0 aromatic heterocycles. The Bertz CT molecular complexity index is 2240. The van der Waals surface area contributed by atoms with Gasteiger partial charge in [0.05, 0.1) is 33.9 Å². The van der Waals surface area contributed by atoms with Gasteiger partial charge in [-0.2, -0.15) is 20.5 Å². The minimum Gasteiger partial charge on any atom is -0.478 e. The number of aromatic carboxylic acids is 2. The van der Waals surface area contributed by atoms with Gasteiger partial charge in [-0.3, -0.25) is 0 Å². The van der Waals surface area contributed by atoms with Crippen LogP contribution < -0.4 is 19.3 Å². The van der Waals surface area contributed by atoms with E-state index in [1.165, 1.54) is 35.4 Å². The molecule has 2 N–H and O–H groups in total. The lowest BCUT2D eigenvalue weighted by molar-refractivity contribution is 0.0686. The number of fused-ring (bicyclic) bond motifs is 2. The van der Waals surface area contributed by atoms with Crippen LogP contribution in [-0.4, -0.2) is 35.6 Å². The van der Waals surface area contributed by atoms with Gasteiger partial charge in [0.25, 0.3) is 0 Å². The third-order valence-electron chi connectivity index (χ3n) is 9.38. The van der Waals surface area contributed by atoms with Gasteiger partial charge in [-0.1, -0.05) is 36.4 Å². The van der Waals surface area contributed by atoms with Crippen LogP contribution in [0.1, 0.15) is 43.0 Å². The molecule has 0 spiro atoms. The number of carboxylic acid groups (broad SMARTS) is 2. The molecule has 8 rings (SSSR count). The summed E-state index contributed by atoms with van der Waals surface area (Å²) in [7, 11) is 0. The third kappa shape index (κ3) is 8.18. The fourth-order valence-corrected chi connectivity index (χ4v) is 6.33. The Balaban J connectivity index is 0.835. The molecule has 12 nitrogen and oxygen atoms in total. The van der Waals surface area contributed by atoms with E-state index in [9.17, 15) is 9.59 Å². The summed E-state index contributed by atoms with van der Waals surface area (Å²) in [5.74, 6) is -0.422. The fraction of sp³-hybridized carbons (Fsp3) is 0.116. The maximum atomic E-state index is 11.1. The number of benzene rings is 6. The third-order valence-corrected chi connectivity index (χ3v) is 9.38. The molecular weight excluding hydrogens is 697 g/mol. The Morgan fingerprint density at radius 3 is 1.24 bits per heavy atom. The van der Waals surface area contributed by atoms with Gasteiger partial charge in [0.2, 0.25) is 0 Å². The number of carboxylic acids is 2. The first-order valence-corrected chi connectivity index (χ1v) is 17.5. The van der Waals surface area contributed by atoms with Gasteiger partial charge in [0.1, 0.15) is 11.5 Å². The van der Waals surface area contributed by atoms with Crippen molar-refractivity contribution in [2.45, 2.75) is 19.5 Å². The molecule has 272 valence electrons. The summed E-state index contributed by atoms with van der Waals surface area (Å²) in [6, 6.07) is 41.2. The average molecular weight is 731 g/mol. The first kappa shape index (κ1) is 34.7. The van der Waals surface area contributed by atoms with Gasteiger partial charge in [-0.25, -0.2) is 9.59 Å². The zero-order chi connectivity index (χ0) is 37.7. The molecule has 0 amide bonds. The summed E-state index contributed by atoms with van der Waals surface area (Å²) in [5, 5.41) is 35.2. The predicted octanol–water partition coefficient (Wildman–Crippen LogP) is 10.2. The van der Waals surface area contributed by atoms with Crippen molar-refractivity contribution in [1.82, 2.24) is 0 Å². The quantitative estimate of drug-likeness (QED) is 0.132. The SMILES string of the molecule is O=C(O)c1ccc(N=Nc2ccc3c(c2)OCN(c2ccc(Cc4ccc(N5COc6cc(N=Nc7ccc(C(=O)O)cc7)ccc6C5)cc4)cc2)C3)cc1. The van der Waals surface area contributed by atoms with Crippen molar-refractivity contribution in [3.05, 3.63) is 167 Å². The molecule has 6 aromatic carbocycles. The van der Waals surface area contributed by atoms with Crippen LogP contribution in [0.15, 0.2) is 154 Å². The predicted molar refractivity (Wildman–Crippen MR) is 207 cm³/mol. The van der Waals surface area contributed by atoms with Crippen molar-refractivity contribution in [3.63, 3.8) is 0 Å². The Kier molecular flexibility index (Phi) is 9.68. The molecule has 2 aliphatic heterocycles. The smallest absolute Gasteiger partial charge is 0.335 e. The molecule has 0 atom stereocenters. The minimum atomic E-state index is -0.981. The van der Waals surface area contributed by atoms with Crippen molar-refractivity contribution in [2.75, 3.05) is 23.3 Å². The Morgan fingerprint density at radius 2 is 0.855 bits per heavy atom. The molecule has 0 fully saturated rings. The monoisotopic (exact) mass is 730 g/mol. The maximum absolute atomic E-state index is 11.1. The number of rotatable bonds is 10. The summed E-state index contributed by atoms with van der Waals surface area (Å²) in [6.45, 7) is 2.23. The summed E-state index contributed by atoms with van der Waals surface area (Å²) in [5.41, 5.74) is 9.53. The van der Waals surface area contributed by atoms with Crippen molar-refractivity contribution >= 4 is 46.1 Å². The van der Waals surface area contributed by atoms with E-state index in [1.807, 2.05) is 36.4 Å². The second kappa shape index (κ2) is 15.3. The van der Waals surface area contributed by atoms with E-state index >= 15 is 0 Å². The van der Waals surface area contributed by atoms with Crippen LogP contribution >= 0.6 is 0 Å². The van der Waals surface area contributed by atoms with Crippen LogP contribution in [-0.2, 0) is 19.5 Å². The molecule has 0 bridgehead atoms. The number of hydrogen-bond donors (Lipinski definition) is 2. The van der Waals surface area contributed by atoms with Gasteiger partial charge >= 0.3 is 11.9 Å². The number of nitrogens with zero attached hydrogens (tertiary/aromatic N) is 6. The van der Waals surface area contributed by atoms with E-state index in [4.69, 9.17) is 19.7 Å². The van der Waals surface area contributed by atoms with Crippen molar-refractivity contribution in [2.24, 2.45) is 20.5 Å². The lowest BCUT2D eigenvalue weighted by atomic mass is 10.0. The highest BCUT2D eigenvalue weighted by molar-refractivity contribution is 5.88. The first-order chi connectivity index (χ1) is 26.8. The number of carbonyl (C=O) groups is 2. The van der Waals surface area contributed by atoms with Gasteiger partial charge in [0.15, 0.2) is 13.5 Å². The normalized spacial score (nSPS) is 13.6. The van der Waals surface area contributed by atoms with Gasteiger partial charge in [0, 0.05) is 47.7 Å². The zero-order valence-corrected chi connectivity index (χ0v) is 29.4. The molecule has 0 radical (unpaired) electrons. The van der Waals surface area contributed by atoms with Crippen LogP contribution in [0.2, 0.25) is 0 Å². The van der Waals surface area contributed by atoms with E-state index < -0.39 is 11.9 Å². The number of anilines is 2. The second-order valence-electron chi connectivity index (χ2n) is 13.1. The van der Waals surface area contributed by atoms with Crippen LogP contribution in [0.25, 0.3) is 0 Å². The van der Waals surface area contributed by atoms with E-state index in [0.717, 1.165) is 40.4 Å². The highest BCUT2D eigenvalue weighted by Gasteiger charge is 2.20. The minimum absolute atomic E-state index is 0.202. The summed E-state index contributed by atoms with van der Waals surface area (Å²) in [4.78, 5) is 26.5. The standard InChI is InChI=1S/C43H34N6O6/c50-42(51)30-5-11-34(12-6-30)44-46-36-15-9-32-24-48(26-54-40(32)22-36)38-17-1-28(2-18-38)21-29-3-19-39(20-4-29)49-25-33-10-16-37(23-41(33)55-27-49)47-45-35-13-7-31(8-14-35)43(52)53/h1-20,22-23H,21,24-27H2,(H,50,51)(H,52,53). The van der Waals surface area contributed by atoms with Crippen molar-refractivity contribution in [1.29, 1.82) is 0 Å². The topological polar surface area (TPSA) is 149 Å². The average Bonchev–Trinajstić information content (AvgIpc) is 3.22. The molecule has 6 aromatic rings. The summed E-state index contributed by atoms with van der Waals surface area (Å²) < 4.78 is 12.2. The van der Waals surface area contributed by atoms with Gasteiger partial charge in [-0.05, 0) is 102 Å². The highest BCUT2D eigenvalue weighted by Crippen LogP contribution is 2.34. The first-order valence-electron chi connectivity index (χ1n) is 17.5. The summed E-state index contributed by atoms with van der Waals surface area (Å²) in [6.07, 6.45) is 0.807. The van der Waals surface area contributed by atoms with E-state index in [0.29, 0.717) is 49.3 Å². The molecular formula is C43H34N6O6. The zero-order valence-electron chi connectivity index (χ0n) is 29.4. The molecule has 0 aliphatic carbocycles. The largest absolute Gasteiger partial charge is 0.478 e. The lowest BCUT2D eigenvalue weighted by Crippen LogP contribution is -2.31. The van der Waals surface area contributed by atoms with Gasteiger partial charge in [-0.15, -0.1) is 0 Å².